The summed E-state index contributed by atoms with van der Waals surface area (Å²) in [5.41, 5.74) is 0. The van der Waals surface area contributed by atoms with E-state index < -0.39 is 10.0 Å². The highest BCUT2D eigenvalue weighted by molar-refractivity contribution is 7.89. The van der Waals surface area contributed by atoms with Crippen molar-refractivity contribution in [3.8, 4) is 0 Å². The molecule has 0 spiro atoms. The van der Waals surface area contributed by atoms with Crippen molar-refractivity contribution in [2.75, 3.05) is 7.05 Å². The summed E-state index contributed by atoms with van der Waals surface area (Å²) >= 11 is 5.69. The maximum Gasteiger partial charge on any atom is 0.244 e. The van der Waals surface area contributed by atoms with Gasteiger partial charge in [-0.3, -0.25) is 0 Å². The molecule has 0 amide bonds. The SMILES string of the molecule is CC1CCC(N(C)S(=O)(=O)c2ccc(Cl)nc2)CC1. The van der Waals surface area contributed by atoms with Crippen LogP contribution in [0.3, 0.4) is 0 Å². The summed E-state index contributed by atoms with van der Waals surface area (Å²) in [6.45, 7) is 2.22. The van der Waals surface area contributed by atoms with Gasteiger partial charge >= 0.3 is 0 Å². The molecule has 1 aromatic rings. The summed E-state index contributed by atoms with van der Waals surface area (Å²) < 4.78 is 26.4. The van der Waals surface area contributed by atoms with E-state index in [1.165, 1.54) is 22.6 Å². The molecule has 0 N–H and O–H groups in total. The molecule has 0 aliphatic heterocycles. The number of hydrogen-bond donors (Lipinski definition) is 0. The molecule has 6 heteroatoms. The maximum atomic E-state index is 12.5. The average Bonchev–Trinajstić information content (AvgIpc) is 2.39. The molecule has 0 atom stereocenters. The minimum absolute atomic E-state index is 0.0943. The first-order valence-corrected chi connectivity index (χ1v) is 8.32. The standard InChI is InChI=1S/C13H19ClN2O2S/c1-10-3-5-11(6-4-10)16(2)19(17,18)12-7-8-13(14)15-9-12/h7-11H,3-6H2,1-2H3. The van der Waals surface area contributed by atoms with Gasteiger partial charge in [-0.25, -0.2) is 13.4 Å². The van der Waals surface area contributed by atoms with Gasteiger partial charge in [-0.2, -0.15) is 4.31 Å². The summed E-state index contributed by atoms with van der Waals surface area (Å²) in [6, 6.07) is 3.11. The molecule has 19 heavy (non-hydrogen) atoms. The lowest BCUT2D eigenvalue weighted by molar-refractivity contribution is 0.246. The molecule has 1 aromatic heterocycles. The van der Waals surface area contributed by atoms with Crippen molar-refractivity contribution in [1.82, 2.24) is 9.29 Å². The van der Waals surface area contributed by atoms with E-state index in [2.05, 4.69) is 11.9 Å². The third-order valence-corrected chi connectivity index (χ3v) is 5.99. The number of sulfonamides is 1. The first-order chi connectivity index (χ1) is 8.91. The van der Waals surface area contributed by atoms with Gasteiger partial charge in [0.2, 0.25) is 10.0 Å². The summed E-state index contributed by atoms with van der Waals surface area (Å²) in [4.78, 5) is 4.05. The van der Waals surface area contributed by atoms with E-state index in [1.54, 1.807) is 7.05 Å². The van der Waals surface area contributed by atoms with Crippen LogP contribution in [0.5, 0.6) is 0 Å². The van der Waals surface area contributed by atoms with Gasteiger partial charge in [-0.05, 0) is 43.7 Å². The van der Waals surface area contributed by atoms with Crippen LogP contribution in [0.25, 0.3) is 0 Å². The van der Waals surface area contributed by atoms with E-state index in [0.29, 0.717) is 11.1 Å². The molecule has 4 nitrogen and oxygen atoms in total. The fourth-order valence-electron chi connectivity index (χ4n) is 2.48. The quantitative estimate of drug-likeness (QED) is 0.807. The van der Waals surface area contributed by atoms with Crippen molar-refractivity contribution >= 4 is 21.6 Å². The summed E-state index contributed by atoms with van der Waals surface area (Å²) in [6.07, 6.45) is 5.35. The van der Waals surface area contributed by atoms with E-state index in [4.69, 9.17) is 11.6 Å². The van der Waals surface area contributed by atoms with Crippen LogP contribution in [0.4, 0.5) is 0 Å². The molecule has 0 saturated heterocycles. The Morgan fingerprint density at radius 3 is 2.42 bits per heavy atom. The number of rotatable bonds is 3. The van der Waals surface area contributed by atoms with E-state index >= 15 is 0 Å². The first kappa shape index (κ1) is 14.8. The number of aromatic nitrogens is 1. The van der Waals surface area contributed by atoms with Crippen molar-refractivity contribution in [2.24, 2.45) is 5.92 Å². The Kier molecular flexibility index (Phi) is 4.48. The molecule has 2 rings (SSSR count). The fraction of sp³-hybridized carbons (Fsp3) is 0.615. The lowest BCUT2D eigenvalue weighted by Gasteiger charge is -2.32. The fourth-order valence-corrected chi connectivity index (χ4v) is 3.96. The molecule has 1 heterocycles. The first-order valence-electron chi connectivity index (χ1n) is 6.51. The molecule has 1 aliphatic carbocycles. The molecular weight excluding hydrogens is 284 g/mol. The second kappa shape index (κ2) is 5.77. The van der Waals surface area contributed by atoms with Crippen molar-refractivity contribution in [3.63, 3.8) is 0 Å². The maximum absolute atomic E-state index is 12.5. The highest BCUT2D eigenvalue weighted by atomic mass is 35.5. The minimum atomic E-state index is -3.46. The molecule has 0 radical (unpaired) electrons. The zero-order chi connectivity index (χ0) is 14.0. The van der Waals surface area contributed by atoms with Crippen LogP contribution in [0, 0.1) is 5.92 Å². The van der Waals surface area contributed by atoms with E-state index in [9.17, 15) is 8.42 Å². The second-order valence-corrected chi connectivity index (χ2v) is 7.64. The smallest absolute Gasteiger partial charge is 0.243 e. The highest BCUT2D eigenvalue weighted by Crippen LogP contribution is 2.29. The Balaban J connectivity index is 2.17. The van der Waals surface area contributed by atoms with Crippen molar-refractivity contribution in [2.45, 2.75) is 43.5 Å². The number of hydrogen-bond acceptors (Lipinski definition) is 3. The molecule has 0 unspecified atom stereocenters. The van der Waals surface area contributed by atoms with Crippen LogP contribution in [0.2, 0.25) is 5.15 Å². The van der Waals surface area contributed by atoms with Crippen molar-refractivity contribution in [3.05, 3.63) is 23.5 Å². The Labute approximate surface area is 119 Å². The van der Waals surface area contributed by atoms with Gasteiger partial charge in [0.15, 0.2) is 0 Å². The van der Waals surface area contributed by atoms with Crippen LogP contribution in [0.15, 0.2) is 23.2 Å². The Hall–Kier alpha value is -0.650. The molecule has 1 fully saturated rings. The molecule has 1 saturated carbocycles. The van der Waals surface area contributed by atoms with Crippen LogP contribution in [0.1, 0.15) is 32.6 Å². The van der Waals surface area contributed by atoms with Crippen molar-refractivity contribution < 1.29 is 8.42 Å². The zero-order valence-electron chi connectivity index (χ0n) is 11.2. The molecular formula is C13H19ClN2O2S. The molecule has 0 aromatic carbocycles. The van der Waals surface area contributed by atoms with Crippen molar-refractivity contribution in [1.29, 1.82) is 0 Å². The topological polar surface area (TPSA) is 50.3 Å². The largest absolute Gasteiger partial charge is 0.244 e. The Bertz CT molecular complexity index is 522. The van der Waals surface area contributed by atoms with Gasteiger partial charge in [0.1, 0.15) is 10.0 Å². The third-order valence-electron chi connectivity index (χ3n) is 3.88. The highest BCUT2D eigenvalue weighted by Gasteiger charge is 2.30. The lowest BCUT2D eigenvalue weighted by atomic mass is 9.87. The van der Waals surface area contributed by atoms with Crippen LogP contribution >= 0.6 is 11.6 Å². The van der Waals surface area contributed by atoms with Gasteiger partial charge in [0.05, 0.1) is 0 Å². The van der Waals surface area contributed by atoms with Gasteiger partial charge in [0, 0.05) is 19.3 Å². The molecule has 106 valence electrons. The number of pyridine rings is 1. The average molecular weight is 303 g/mol. The summed E-state index contributed by atoms with van der Waals surface area (Å²) in [5, 5.41) is 0.299. The lowest BCUT2D eigenvalue weighted by Crippen LogP contribution is -2.39. The van der Waals surface area contributed by atoms with Crippen LogP contribution < -0.4 is 0 Å². The van der Waals surface area contributed by atoms with E-state index in [-0.39, 0.29) is 10.9 Å². The minimum Gasteiger partial charge on any atom is -0.243 e. The number of halogens is 1. The summed E-state index contributed by atoms with van der Waals surface area (Å²) in [7, 11) is -1.80. The van der Waals surface area contributed by atoms with E-state index in [1.807, 2.05) is 0 Å². The predicted molar refractivity (Wildman–Crippen MR) is 75.6 cm³/mol. The predicted octanol–water partition coefficient (Wildman–Crippen LogP) is 2.93. The van der Waals surface area contributed by atoms with Gasteiger partial charge < -0.3 is 0 Å². The normalized spacial score (nSPS) is 24.6. The van der Waals surface area contributed by atoms with Gasteiger partial charge in [0.25, 0.3) is 0 Å². The monoisotopic (exact) mass is 302 g/mol. The van der Waals surface area contributed by atoms with Crippen LogP contribution in [-0.4, -0.2) is 30.8 Å². The summed E-state index contributed by atoms with van der Waals surface area (Å²) in [5.74, 6) is 0.699. The van der Waals surface area contributed by atoms with Gasteiger partial charge in [-0.1, -0.05) is 18.5 Å². The number of nitrogens with zero attached hydrogens (tertiary/aromatic N) is 2. The Morgan fingerprint density at radius 1 is 1.26 bits per heavy atom. The van der Waals surface area contributed by atoms with Crippen LogP contribution in [-0.2, 0) is 10.0 Å². The second-order valence-electron chi connectivity index (χ2n) is 5.25. The van der Waals surface area contributed by atoms with E-state index in [0.717, 1.165) is 25.7 Å². The third kappa shape index (κ3) is 3.27. The Morgan fingerprint density at radius 2 is 1.89 bits per heavy atom. The van der Waals surface area contributed by atoms with Gasteiger partial charge in [-0.15, -0.1) is 0 Å². The zero-order valence-corrected chi connectivity index (χ0v) is 12.8. The molecule has 1 aliphatic rings. The molecule has 0 bridgehead atoms.